The Hall–Kier alpha value is -2.85. The molecule has 1 aromatic heterocycles. The van der Waals surface area contributed by atoms with Crippen molar-refractivity contribution in [3.63, 3.8) is 0 Å². The molecular formula is C32H44N4O6. The van der Waals surface area contributed by atoms with Crippen molar-refractivity contribution in [2.24, 2.45) is 56.6 Å². The molecule has 1 amide bonds. The number of nitro benzene ring substituents is 1. The molecule has 6 rings (SSSR count). The van der Waals surface area contributed by atoms with E-state index >= 15 is 0 Å². The average Bonchev–Trinajstić information content (AvgIpc) is 3.46. The largest absolute Gasteiger partial charge is 0.493 e. The van der Waals surface area contributed by atoms with Gasteiger partial charge in [0.2, 0.25) is 5.88 Å². The number of nitro groups is 1. The second kappa shape index (κ2) is 10.7. The molecular weight excluding hydrogens is 536 g/mol. The number of azo groups is 1. The van der Waals surface area contributed by atoms with Crippen molar-refractivity contribution in [2.75, 3.05) is 0 Å². The maximum Gasteiger partial charge on any atom is 0.270 e. The number of hydrogen-bond acceptors (Lipinski definition) is 7. The average molecular weight is 581 g/mol. The molecule has 4 saturated carbocycles. The number of nitrogens with one attached hydrogen (secondary N) is 1. The van der Waals surface area contributed by atoms with Crippen LogP contribution in [0.5, 0.6) is 5.88 Å². The Bertz CT molecular complexity index is 1410. The molecule has 1 heterocycles. The number of aliphatic hydroxyl groups excluding tert-OH is 2. The molecule has 0 radical (unpaired) electrons. The van der Waals surface area contributed by atoms with Gasteiger partial charge in [-0.05, 0) is 110 Å². The predicted molar refractivity (Wildman–Crippen MR) is 157 cm³/mol. The maximum atomic E-state index is 12.8. The van der Waals surface area contributed by atoms with E-state index in [9.17, 15) is 30.2 Å². The lowest BCUT2D eigenvalue weighted by Crippen LogP contribution is -2.58. The number of benzene rings is 1. The Morgan fingerprint density at radius 3 is 2.62 bits per heavy atom. The van der Waals surface area contributed by atoms with Gasteiger partial charge in [-0.2, -0.15) is 0 Å². The van der Waals surface area contributed by atoms with Crippen LogP contribution >= 0.6 is 0 Å². The fourth-order valence-electron chi connectivity index (χ4n) is 10.2. The van der Waals surface area contributed by atoms with E-state index in [2.05, 4.69) is 36.0 Å². The molecule has 10 heteroatoms. The molecule has 10 atom stereocenters. The van der Waals surface area contributed by atoms with E-state index in [-0.39, 0.29) is 52.6 Å². The van der Waals surface area contributed by atoms with Crippen molar-refractivity contribution in [3.8, 4) is 5.88 Å². The molecule has 0 saturated heterocycles. The number of hydrogen-bond donors (Lipinski definition) is 4. The summed E-state index contributed by atoms with van der Waals surface area (Å²) < 4.78 is 0. The van der Waals surface area contributed by atoms with Gasteiger partial charge in [0.05, 0.1) is 22.6 Å². The quantitative estimate of drug-likeness (QED) is 0.167. The molecule has 42 heavy (non-hydrogen) atoms. The van der Waals surface area contributed by atoms with Crippen LogP contribution in [-0.4, -0.2) is 43.3 Å². The van der Waals surface area contributed by atoms with Crippen molar-refractivity contribution in [2.45, 2.75) is 97.2 Å². The number of rotatable bonds is 6. The number of carbonyl (C=O) groups is 1. The summed E-state index contributed by atoms with van der Waals surface area (Å²) in [6.45, 7) is 7.09. The van der Waals surface area contributed by atoms with Crippen molar-refractivity contribution < 1.29 is 25.0 Å². The molecule has 0 unspecified atom stereocenters. The minimum atomic E-state index is -0.523. The zero-order valence-corrected chi connectivity index (χ0v) is 24.8. The Morgan fingerprint density at radius 1 is 1.12 bits per heavy atom. The lowest BCUT2D eigenvalue weighted by molar-refractivity contribution is -0.384. The highest BCUT2D eigenvalue weighted by Crippen LogP contribution is 2.68. The first-order valence-electron chi connectivity index (χ1n) is 15.7. The first-order chi connectivity index (χ1) is 19.9. The number of H-pyrrole nitrogens is 1. The molecule has 0 bridgehead atoms. The van der Waals surface area contributed by atoms with E-state index in [0.717, 1.165) is 51.4 Å². The van der Waals surface area contributed by atoms with Crippen molar-refractivity contribution in [1.82, 2.24) is 4.98 Å². The minimum absolute atomic E-state index is 0.0208. The predicted octanol–water partition coefficient (Wildman–Crippen LogP) is 6.80. The van der Waals surface area contributed by atoms with E-state index in [1.807, 2.05) is 0 Å². The summed E-state index contributed by atoms with van der Waals surface area (Å²) in [5.74, 6) is 1.82. The van der Waals surface area contributed by atoms with Crippen LogP contribution in [-0.2, 0) is 4.79 Å². The summed E-state index contributed by atoms with van der Waals surface area (Å²) in [5.41, 5.74) is 0.694. The summed E-state index contributed by atoms with van der Waals surface area (Å²) in [6.07, 6.45) is 8.44. The molecule has 4 aliphatic carbocycles. The van der Waals surface area contributed by atoms with Crippen molar-refractivity contribution in [1.29, 1.82) is 0 Å². The number of aliphatic hydroxyl groups is 2. The number of carbonyl (C=O) groups excluding carboxylic acids is 1. The van der Waals surface area contributed by atoms with Crippen LogP contribution in [0.15, 0.2) is 28.4 Å². The summed E-state index contributed by atoms with van der Waals surface area (Å²) in [5, 5.41) is 51.4. The molecule has 0 spiro atoms. The van der Waals surface area contributed by atoms with Gasteiger partial charge >= 0.3 is 0 Å². The highest BCUT2D eigenvalue weighted by molar-refractivity contribution is 5.95. The van der Waals surface area contributed by atoms with Crippen molar-refractivity contribution >= 4 is 28.2 Å². The highest BCUT2D eigenvalue weighted by Gasteiger charge is 2.62. The maximum absolute atomic E-state index is 12.8. The first kappa shape index (κ1) is 29.2. The van der Waals surface area contributed by atoms with Crippen LogP contribution in [0.4, 0.5) is 11.4 Å². The van der Waals surface area contributed by atoms with Crippen LogP contribution in [0.2, 0.25) is 0 Å². The number of aromatic nitrogens is 1. The van der Waals surface area contributed by atoms with E-state index < -0.39 is 4.92 Å². The molecule has 0 aliphatic heterocycles. The van der Waals surface area contributed by atoms with Crippen LogP contribution < -0.4 is 0 Å². The van der Waals surface area contributed by atoms with Crippen LogP contribution in [0.25, 0.3) is 10.9 Å². The van der Waals surface area contributed by atoms with Gasteiger partial charge in [-0.3, -0.25) is 14.9 Å². The van der Waals surface area contributed by atoms with Crippen LogP contribution in [0.1, 0.15) is 85.0 Å². The summed E-state index contributed by atoms with van der Waals surface area (Å²) in [4.78, 5) is 26.1. The highest BCUT2D eigenvalue weighted by atomic mass is 16.6. The Balaban J connectivity index is 1.11. The molecule has 4 fully saturated rings. The van der Waals surface area contributed by atoms with E-state index in [0.29, 0.717) is 52.8 Å². The number of aromatic amines is 1. The number of aromatic hydroxyl groups is 1. The number of amides is 1. The summed E-state index contributed by atoms with van der Waals surface area (Å²) in [7, 11) is 0. The molecule has 4 aliphatic rings. The fourth-order valence-corrected chi connectivity index (χ4v) is 10.2. The van der Waals surface area contributed by atoms with Gasteiger partial charge in [0, 0.05) is 23.9 Å². The Labute approximate surface area is 246 Å². The smallest absolute Gasteiger partial charge is 0.270 e. The monoisotopic (exact) mass is 580 g/mol. The lowest BCUT2D eigenvalue weighted by atomic mass is 9.43. The zero-order chi connectivity index (χ0) is 30.0. The Morgan fingerprint density at radius 2 is 1.86 bits per heavy atom. The van der Waals surface area contributed by atoms with E-state index in [4.69, 9.17) is 0 Å². The van der Waals surface area contributed by atoms with Gasteiger partial charge < -0.3 is 20.3 Å². The third kappa shape index (κ3) is 4.75. The van der Waals surface area contributed by atoms with Gasteiger partial charge in [-0.15, -0.1) is 10.2 Å². The standard InChI is InChI=1S/C32H44N4O6/c1-17(4-9-27(39)34-35-29-21-16-19(36(41)42)5-8-25(21)33-30(29)40)22-6-7-23-28-24(11-13-32(22,23)3)31(2)12-10-20(37)14-18(31)15-26(28)38/h5,8,16-18,20,22-24,26,28,33,37-38,40H,4,6-7,9-15H2,1-3H3/t17-,18-,20+,22-,23+,24+,26-,28+,31+,32-/m1/s1. The second-order valence-corrected chi connectivity index (χ2v) is 14.4. The van der Waals surface area contributed by atoms with E-state index in [1.165, 1.54) is 18.2 Å². The SMILES string of the molecule is C[C@H](CCC(=O)N=Nc1c(O)[nH]c2ccc([N+](=O)[O-])cc12)[C@H]1CC[C@H]2[C@@H]3[C@H](O)C[C@H]4C[C@@H](O)CC[C@]4(C)[C@H]3CC[C@]12C. The third-order valence-electron chi connectivity index (χ3n) is 12.4. The third-order valence-corrected chi connectivity index (χ3v) is 12.4. The van der Waals surface area contributed by atoms with Crippen LogP contribution in [0, 0.1) is 56.5 Å². The number of non-ortho nitro benzene ring substituents is 1. The normalized spacial score (nSPS) is 38.6. The van der Waals surface area contributed by atoms with Gasteiger partial charge in [0.1, 0.15) is 0 Å². The van der Waals surface area contributed by atoms with E-state index in [1.54, 1.807) is 0 Å². The van der Waals surface area contributed by atoms with Crippen molar-refractivity contribution in [3.05, 3.63) is 28.3 Å². The summed E-state index contributed by atoms with van der Waals surface area (Å²) >= 11 is 0. The van der Waals surface area contributed by atoms with Gasteiger partial charge in [0.25, 0.3) is 11.6 Å². The van der Waals surface area contributed by atoms with Gasteiger partial charge in [0.15, 0.2) is 5.69 Å². The lowest BCUT2D eigenvalue weighted by Gasteiger charge is -2.62. The topological polar surface area (TPSA) is 161 Å². The first-order valence-corrected chi connectivity index (χ1v) is 15.7. The molecule has 4 N–H and O–H groups in total. The summed E-state index contributed by atoms with van der Waals surface area (Å²) in [6, 6.07) is 4.13. The zero-order valence-electron chi connectivity index (χ0n) is 24.8. The van der Waals surface area contributed by atoms with Crippen LogP contribution in [0.3, 0.4) is 0 Å². The second-order valence-electron chi connectivity index (χ2n) is 14.4. The molecule has 2 aromatic rings. The number of fused-ring (bicyclic) bond motifs is 6. The number of nitrogens with zero attached hydrogens (tertiary/aromatic N) is 3. The minimum Gasteiger partial charge on any atom is -0.493 e. The molecule has 10 nitrogen and oxygen atoms in total. The molecule has 1 aromatic carbocycles. The fraction of sp³-hybridized carbons (Fsp3) is 0.719. The van der Waals surface area contributed by atoms with Gasteiger partial charge in [-0.25, -0.2) is 0 Å². The molecule has 228 valence electrons. The Kier molecular flexibility index (Phi) is 7.45. The van der Waals surface area contributed by atoms with Gasteiger partial charge in [-0.1, -0.05) is 20.8 Å².